The number of aliphatic imine (C=N–C) groups is 1. The van der Waals surface area contributed by atoms with Gasteiger partial charge in [-0.05, 0) is 24.3 Å². The predicted octanol–water partition coefficient (Wildman–Crippen LogP) is 4.73. The number of hydrazone groups is 1. The van der Waals surface area contributed by atoms with Crippen LogP contribution in [-0.2, 0) is 0 Å². The Bertz CT molecular complexity index is 793. The van der Waals surface area contributed by atoms with Crippen molar-refractivity contribution in [1.29, 1.82) is 0 Å². The molecule has 4 nitrogen and oxygen atoms in total. The zero-order valence-corrected chi connectivity index (χ0v) is 14.5. The van der Waals surface area contributed by atoms with Gasteiger partial charge < -0.3 is 4.74 Å². The Balaban J connectivity index is 1.77. The number of benzene rings is 2. The minimum Gasteiger partial charge on any atom is -0.497 e. The molecule has 118 valence electrons. The van der Waals surface area contributed by atoms with Crippen molar-refractivity contribution >= 4 is 51.5 Å². The summed E-state index contributed by atoms with van der Waals surface area (Å²) in [6.45, 7) is 0. The van der Waals surface area contributed by atoms with Gasteiger partial charge in [0, 0.05) is 17.4 Å². The molecule has 0 aliphatic carbocycles. The first-order valence-corrected chi connectivity index (χ1v) is 8.53. The third-order valence-electron chi connectivity index (χ3n) is 3.17. The molecular weight excluding hydrogens is 353 g/mol. The molecule has 0 spiro atoms. The van der Waals surface area contributed by atoms with Gasteiger partial charge in [0.1, 0.15) is 5.75 Å². The summed E-state index contributed by atoms with van der Waals surface area (Å²) in [5, 5.41) is 6.17. The average molecular weight is 366 g/mol. The quantitative estimate of drug-likeness (QED) is 0.854. The Morgan fingerprint density at radius 1 is 1.17 bits per heavy atom. The van der Waals surface area contributed by atoms with E-state index in [2.05, 4.69) is 15.5 Å². The Morgan fingerprint density at radius 3 is 2.74 bits per heavy atom. The molecule has 0 saturated carbocycles. The molecule has 0 amide bonds. The number of hydrogen-bond donors (Lipinski definition) is 1. The molecule has 0 atom stereocenters. The summed E-state index contributed by atoms with van der Waals surface area (Å²) in [4.78, 5) is 4.52. The van der Waals surface area contributed by atoms with E-state index in [0.717, 1.165) is 27.9 Å². The first-order chi connectivity index (χ1) is 11.2. The zero-order chi connectivity index (χ0) is 16.2. The summed E-state index contributed by atoms with van der Waals surface area (Å²) in [5.74, 6) is 1.47. The highest BCUT2D eigenvalue weighted by Gasteiger charge is 2.14. The second-order valence-electron chi connectivity index (χ2n) is 4.71. The Kier molecular flexibility index (Phi) is 5.10. The normalized spacial score (nSPS) is 16.0. The van der Waals surface area contributed by atoms with Gasteiger partial charge in [0.2, 0.25) is 0 Å². The van der Waals surface area contributed by atoms with Gasteiger partial charge in [-0.25, -0.2) is 4.99 Å². The van der Waals surface area contributed by atoms with Crippen molar-refractivity contribution in [1.82, 2.24) is 5.43 Å². The number of halogens is 2. The largest absolute Gasteiger partial charge is 0.497 e. The third-order valence-corrected chi connectivity index (χ3v) is 4.78. The highest BCUT2D eigenvalue weighted by molar-refractivity contribution is 8.14. The molecule has 2 aromatic rings. The lowest BCUT2D eigenvalue weighted by molar-refractivity contribution is 0.415. The van der Waals surface area contributed by atoms with E-state index in [9.17, 15) is 0 Å². The maximum Gasteiger partial charge on any atom is 0.182 e. The van der Waals surface area contributed by atoms with E-state index in [-0.39, 0.29) is 0 Å². The molecule has 7 heteroatoms. The van der Waals surface area contributed by atoms with Gasteiger partial charge in [-0.3, -0.25) is 5.43 Å². The van der Waals surface area contributed by atoms with Crippen LogP contribution in [0.25, 0.3) is 0 Å². The number of hydrogen-bond acceptors (Lipinski definition) is 4. The zero-order valence-electron chi connectivity index (χ0n) is 12.2. The summed E-state index contributed by atoms with van der Waals surface area (Å²) < 4.78 is 5.19. The molecule has 1 heterocycles. The van der Waals surface area contributed by atoms with Crippen LogP contribution in [0.1, 0.15) is 5.56 Å². The van der Waals surface area contributed by atoms with Crippen LogP contribution in [0.3, 0.4) is 0 Å². The van der Waals surface area contributed by atoms with Crippen molar-refractivity contribution in [2.45, 2.75) is 0 Å². The van der Waals surface area contributed by atoms with Gasteiger partial charge in [-0.2, -0.15) is 5.10 Å². The maximum atomic E-state index is 6.05. The van der Waals surface area contributed by atoms with Gasteiger partial charge in [0.05, 0.1) is 28.6 Å². The highest BCUT2D eigenvalue weighted by Crippen LogP contribution is 2.25. The fourth-order valence-electron chi connectivity index (χ4n) is 1.99. The lowest BCUT2D eigenvalue weighted by Crippen LogP contribution is -2.25. The fourth-order valence-corrected chi connectivity index (χ4v) is 3.08. The van der Waals surface area contributed by atoms with Crippen LogP contribution in [0.5, 0.6) is 5.75 Å². The van der Waals surface area contributed by atoms with Gasteiger partial charge >= 0.3 is 0 Å². The van der Waals surface area contributed by atoms with E-state index >= 15 is 0 Å². The van der Waals surface area contributed by atoms with Crippen molar-refractivity contribution in [3.8, 4) is 5.75 Å². The van der Waals surface area contributed by atoms with Crippen molar-refractivity contribution in [3.05, 3.63) is 58.1 Å². The summed E-state index contributed by atoms with van der Waals surface area (Å²) in [7, 11) is 1.63. The van der Waals surface area contributed by atoms with E-state index < -0.39 is 0 Å². The van der Waals surface area contributed by atoms with Crippen molar-refractivity contribution < 1.29 is 4.74 Å². The third kappa shape index (κ3) is 3.99. The molecule has 0 saturated heterocycles. The standard InChI is InChI=1S/C16H13Cl2N3OS/c1-22-12-4-2-3-11(8-12)19-16-21-20-15(9-23-16)10-5-6-13(17)14(18)7-10/h2-8H,9H2,1H3,(H,19,21). The van der Waals surface area contributed by atoms with E-state index in [1.165, 1.54) is 0 Å². The van der Waals surface area contributed by atoms with Gasteiger partial charge in [0.15, 0.2) is 5.17 Å². The van der Waals surface area contributed by atoms with Gasteiger partial charge in [-0.15, -0.1) is 0 Å². The molecule has 1 aliphatic rings. The molecule has 1 aliphatic heterocycles. The van der Waals surface area contributed by atoms with Crippen LogP contribution in [0, 0.1) is 0 Å². The molecule has 0 radical (unpaired) electrons. The minimum absolute atomic E-state index is 0.521. The number of amidine groups is 1. The molecule has 2 aromatic carbocycles. The Labute approximate surface area is 148 Å². The molecule has 0 bridgehead atoms. The van der Waals surface area contributed by atoms with Gasteiger partial charge in [-0.1, -0.05) is 47.1 Å². The number of methoxy groups -OCH3 is 1. The molecule has 3 rings (SSSR count). The Hall–Kier alpha value is -1.69. The van der Waals surface area contributed by atoms with Crippen LogP contribution < -0.4 is 10.2 Å². The van der Waals surface area contributed by atoms with E-state index in [1.54, 1.807) is 24.9 Å². The van der Waals surface area contributed by atoms with Crippen molar-refractivity contribution in [2.24, 2.45) is 10.1 Å². The van der Waals surface area contributed by atoms with Crippen LogP contribution in [0.4, 0.5) is 5.69 Å². The minimum atomic E-state index is 0.521. The average Bonchev–Trinajstić information content (AvgIpc) is 2.58. The summed E-state index contributed by atoms with van der Waals surface area (Å²) in [6, 6.07) is 13.0. The van der Waals surface area contributed by atoms with Crippen LogP contribution in [-0.4, -0.2) is 23.7 Å². The lowest BCUT2D eigenvalue weighted by Gasteiger charge is -2.15. The molecule has 23 heavy (non-hydrogen) atoms. The van der Waals surface area contributed by atoms with E-state index in [4.69, 9.17) is 27.9 Å². The van der Waals surface area contributed by atoms with Gasteiger partial charge in [0.25, 0.3) is 0 Å². The predicted molar refractivity (Wildman–Crippen MR) is 98.7 cm³/mol. The number of nitrogens with zero attached hydrogens (tertiary/aromatic N) is 2. The summed E-state index contributed by atoms with van der Waals surface area (Å²) in [5.41, 5.74) is 5.63. The topological polar surface area (TPSA) is 46.0 Å². The number of rotatable bonds is 3. The molecule has 0 unspecified atom stereocenters. The molecule has 1 N–H and O–H groups in total. The summed E-state index contributed by atoms with van der Waals surface area (Å²) in [6.07, 6.45) is 0. The monoisotopic (exact) mass is 365 g/mol. The highest BCUT2D eigenvalue weighted by atomic mass is 35.5. The first-order valence-electron chi connectivity index (χ1n) is 6.79. The van der Waals surface area contributed by atoms with Crippen molar-refractivity contribution in [2.75, 3.05) is 12.9 Å². The second-order valence-corrected chi connectivity index (χ2v) is 6.48. The van der Waals surface area contributed by atoms with E-state index in [1.807, 2.05) is 36.4 Å². The summed E-state index contributed by atoms with van der Waals surface area (Å²) >= 11 is 13.6. The first kappa shape index (κ1) is 16.2. The van der Waals surface area contributed by atoms with Crippen LogP contribution in [0.15, 0.2) is 52.6 Å². The molecular formula is C16H13Cl2N3OS. The number of thioether (sulfide) groups is 1. The van der Waals surface area contributed by atoms with E-state index in [0.29, 0.717) is 15.8 Å². The van der Waals surface area contributed by atoms with Crippen molar-refractivity contribution in [3.63, 3.8) is 0 Å². The Morgan fingerprint density at radius 2 is 2.04 bits per heavy atom. The van der Waals surface area contributed by atoms with Crippen LogP contribution >= 0.6 is 35.0 Å². The molecule has 0 aromatic heterocycles. The molecule has 0 fully saturated rings. The van der Waals surface area contributed by atoms with Crippen LogP contribution in [0.2, 0.25) is 10.0 Å². The number of nitrogens with one attached hydrogen (secondary N) is 1. The number of ether oxygens (including phenoxy) is 1. The smallest absolute Gasteiger partial charge is 0.182 e. The lowest BCUT2D eigenvalue weighted by atomic mass is 10.1. The second kappa shape index (κ2) is 7.25. The maximum absolute atomic E-state index is 6.05. The SMILES string of the molecule is COc1cccc(N=C2NN=C(c3ccc(Cl)c(Cl)c3)CS2)c1. The fraction of sp³-hybridized carbons (Fsp3) is 0.125.